The smallest absolute Gasteiger partial charge is 0.292 e. The third-order valence-electron chi connectivity index (χ3n) is 6.67. The van der Waals surface area contributed by atoms with E-state index in [0.29, 0.717) is 11.5 Å². The van der Waals surface area contributed by atoms with E-state index in [1.165, 1.54) is 34.1 Å². The molecule has 2 aromatic heterocycles. The summed E-state index contributed by atoms with van der Waals surface area (Å²) in [6.07, 6.45) is 1.48. The number of carbonyl (C=O) groups excluding carboxylic acids is 1. The Morgan fingerprint density at radius 3 is 2.40 bits per heavy atom. The fourth-order valence-electron chi connectivity index (χ4n) is 4.30. The van der Waals surface area contributed by atoms with Gasteiger partial charge < -0.3 is 14.5 Å². The van der Waals surface area contributed by atoms with Crippen molar-refractivity contribution in [1.29, 1.82) is 0 Å². The van der Waals surface area contributed by atoms with Crippen molar-refractivity contribution in [3.63, 3.8) is 0 Å². The number of hydrogen-bond donors (Lipinski definition) is 1. The maximum Gasteiger partial charge on any atom is 0.292 e. The van der Waals surface area contributed by atoms with Crippen molar-refractivity contribution in [3.05, 3.63) is 135 Å². The highest BCUT2D eigenvalue weighted by molar-refractivity contribution is 6.33. The molecule has 3 aromatic carbocycles. The fourth-order valence-corrected chi connectivity index (χ4v) is 4.72. The number of hydrogen-bond acceptors (Lipinski definition) is 4. The molecule has 0 atom stereocenters. The Kier molecular flexibility index (Phi) is 7.96. The Bertz CT molecular complexity index is 1610. The van der Waals surface area contributed by atoms with Gasteiger partial charge in [0.15, 0.2) is 11.6 Å². The summed E-state index contributed by atoms with van der Waals surface area (Å²) in [6, 6.07) is 25.9. The molecule has 9 heteroatoms. The molecule has 0 saturated carbocycles. The van der Waals surface area contributed by atoms with Gasteiger partial charge in [-0.1, -0.05) is 85.6 Å². The molecule has 0 spiro atoms. The van der Waals surface area contributed by atoms with Crippen LogP contribution in [0.25, 0.3) is 0 Å². The molecule has 0 unspecified atom stereocenters. The summed E-state index contributed by atoms with van der Waals surface area (Å²) >= 11 is 12.3. The second kappa shape index (κ2) is 11.6. The average molecular weight is 578 g/mol. The summed E-state index contributed by atoms with van der Waals surface area (Å²) in [5.41, 5.74) is 2.52. The molecule has 40 heavy (non-hydrogen) atoms. The average Bonchev–Trinajstić information content (AvgIpc) is 3.57. The lowest BCUT2D eigenvalue weighted by molar-refractivity contribution is 0.0992. The van der Waals surface area contributed by atoms with E-state index in [9.17, 15) is 9.18 Å². The summed E-state index contributed by atoms with van der Waals surface area (Å²) in [7, 11) is 0. The number of aromatic nitrogens is 2. The molecule has 6 nitrogen and oxygen atoms in total. The van der Waals surface area contributed by atoms with Gasteiger partial charge in [-0.05, 0) is 47.5 Å². The van der Waals surface area contributed by atoms with Gasteiger partial charge in [0.25, 0.3) is 5.91 Å². The Balaban J connectivity index is 1.18. The standard InChI is InChI=1S/C31H26Cl2FN3O3/c1-31(2,20-7-4-3-5-8-20)21-11-13-22(14-12-21)39-19-23-15-16-28(40-23)30(38)35-29-26(33)18-37(36-29)17-24-25(32)9-6-10-27(24)34/h3-16,18H,17,19H2,1-2H3,(H,35,36,38). The molecule has 0 bridgehead atoms. The highest BCUT2D eigenvalue weighted by Crippen LogP contribution is 2.32. The number of anilines is 1. The van der Waals surface area contributed by atoms with Gasteiger partial charge in [0, 0.05) is 22.2 Å². The highest BCUT2D eigenvalue weighted by Gasteiger charge is 2.23. The van der Waals surface area contributed by atoms with Gasteiger partial charge in [-0.15, -0.1) is 0 Å². The molecule has 0 aliphatic heterocycles. The van der Waals surface area contributed by atoms with E-state index < -0.39 is 11.7 Å². The van der Waals surface area contributed by atoms with E-state index in [1.807, 2.05) is 42.5 Å². The zero-order valence-electron chi connectivity index (χ0n) is 21.8. The third kappa shape index (κ3) is 6.06. The maximum atomic E-state index is 14.1. The van der Waals surface area contributed by atoms with Crippen LogP contribution in [0.1, 0.15) is 46.9 Å². The van der Waals surface area contributed by atoms with Gasteiger partial charge in [0.2, 0.25) is 0 Å². The van der Waals surface area contributed by atoms with Crippen molar-refractivity contribution in [3.8, 4) is 5.75 Å². The number of benzene rings is 3. The van der Waals surface area contributed by atoms with Crippen molar-refractivity contribution in [2.75, 3.05) is 5.32 Å². The maximum absolute atomic E-state index is 14.1. The minimum atomic E-state index is -0.533. The molecule has 0 fully saturated rings. The minimum absolute atomic E-state index is 0.0497. The lowest BCUT2D eigenvalue weighted by atomic mass is 9.78. The van der Waals surface area contributed by atoms with Crippen LogP contribution in [0.15, 0.2) is 95.5 Å². The number of rotatable bonds is 9. The first-order valence-electron chi connectivity index (χ1n) is 12.6. The third-order valence-corrected chi connectivity index (χ3v) is 7.30. The number of nitrogens with zero attached hydrogens (tertiary/aromatic N) is 2. The normalized spacial score (nSPS) is 11.4. The number of carbonyl (C=O) groups is 1. The van der Waals surface area contributed by atoms with E-state index in [4.69, 9.17) is 32.4 Å². The van der Waals surface area contributed by atoms with Crippen molar-refractivity contribution in [1.82, 2.24) is 9.78 Å². The van der Waals surface area contributed by atoms with E-state index in [2.05, 4.69) is 36.4 Å². The van der Waals surface area contributed by atoms with Crippen LogP contribution in [0.5, 0.6) is 5.75 Å². The van der Waals surface area contributed by atoms with E-state index in [1.54, 1.807) is 18.2 Å². The fraction of sp³-hybridized carbons (Fsp3) is 0.161. The van der Waals surface area contributed by atoms with Crippen LogP contribution in [-0.2, 0) is 18.6 Å². The molecule has 5 aromatic rings. The van der Waals surface area contributed by atoms with E-state index in [0.717, 1.165) is 0 Å². The highest BCUT2D eigenvalue weighted by atomic mass is 35.5. The lowest BCUT2D eigenvalue weighted by Gasteiger charge is -2.26. The number of halogens is 3. The molecule has 1 N–H and O–H groups in total. The summed E-state index contributed by atoms with van der Waals surface area (Å²) in [4.78, 5) is 12.7. The molecule has 0 aliphatic rings. The molecular weight excluding hydrogens is 552 g/mol. The molecule has 0 radical (unpaired) electrons. The predicted molar refractivity (Wildman–Crippen MR) is 154 cm³/mol. The van der Waals surface area contributed by atoms with Gasteiger partial charge in [-0.25, -0.2) is 4.39 Å². The molecule has 2 heterocycles. The lowest BCUT2D eigenvalue weighted by Crippen LogP contribution is -2.18. The summed E-state index contributed by atoms with van der Waals surface area (Å²) < 4.78 is 27.1. The number of nitrogens with one attached hydrogen (secondary N) is 1. The zero-order chi connectivity index (χ0) is 28.3. The minimum Gasteiger partial charge on any atom is -0.486 e. The quantitative estimate of drug-likeness (QED) is 0.192. The second-order valence-corrected chi connectivity index (χ2v) is 10.6. The van der Waals surface area contributed by atoms with Crippen molar-refractivity contribution >= 4 is 34.9 Å². The van der Waals surface area contributed by atoms with Crippen molar-refractivity contribution in [2.24, 2.45) is 0 Å². The number of furan rings is 1. The monoisotopic (exact) mass is 577 g/mol. The van der Waals surface area contributed by atoms with Crippen LogP contribution in [0.3, 0.4) is 0 Å². The van der Waals surface area contributed by atoms with Gasteiger partial charge in [-0.3, -0.25) is 9.48 Å². The number of amides is 1. The Morgan fingerprint density at radius 2 is 1.68 bits per heavy atom. The first-order valence-corrected chi connectivity index (χ1v) is 13.3. The predicted octanol–water partition coefficient (Wildman–Crippen LogP) is 8.13. The van der Waals surface area contributed by atoms with Crippen molar-refractivity contribution in [2.45, 2.75) is 32.4 Å². The van der Waals surface area contributed by atoms with E-state index in [-0.39, 0.29) is 45.8 Å². The largest absolute Gasteiger partial charge is 0.486 e. The number of ether oxygens (including phenoxy) is 1. The van der Waals surface area contributed by atoms with Gasteiger partial charge in [0.05, 0.1) is 6.54 Å². The zero-order valence-corrected chi connectivity index (χ0v) is 23.3. The van der Waals surface area contributed by atoms with Crippen LogP contribution < -0.4 is 10.1 Å². The van der Waals surface area contributed by atoms with Crippen molar-refractivity contribution < 1.29 is 18.3 Å². The summed E-state index contributed by atoms with van der Waals surface area (Å²) in [5, 5.41) is 7.32. The summed E-state index contributed by atoms with van der Waals surface area (Å²) in [5.74, 6) is 0.358. The van der Waals surface area contributed by atoms with Crippen LogP contribution in [0.4, 0.5) is 10.2 Å². The van der Waals surface area contributed by atoms with Crippen LogP contribution in [-0.4, -0.2) is 15.7 Å². The summed E-state index contributed by atoms with van der Waals surface area (Å²) in [6.45, 7) is 4.56. The van der Waals surface area contributed by atoms with Crippen LogP contribution in [0, 0.1) is 5.82 Å². The Morgan fingerprint density at radius 1 is 0.950 bits per heavy atom. The topological polar surface area (TPSA) is 69.3 Å². The first kappa shape index (κ1) is 27.5. The van der Waals surface area contributed by atoms with Gasteiger partial charge >= 0.3 is 0 Å². The Labute approximate surface area is 241 Å². The Hall–Kier alpha value is -4.07. The molecule has 0 aliphatic carbocycles. The molecule has 0 saturated heterocycles. The molecule has 204 valence electrons. The van der Waals surface area contributed by atoms with Gasteiger partial charge in [0.1, 0.15) is 29.0 Å². The van der Waals surface area contributed by atoms with Gasteiger partial charge in [-0.2, -0.15) is 5.10 Å². The molecule has 5 rings (SSSR count). The van der Waals surface area contributed by atoms with E-state index >= 15 is 0 Å². The molecule has 1 amide bonds. The molecular formula is C31H26Cl2FN3O3. The second-order valence-electron chi connectivity index (χ2n) is 9.75. The first-order chi connectivity index (χ1) is 19.2. The van der Waals surface area contributed by atoms with Crippen LogP contribution in [0.2, 0.25) is 10.0 Å². The SMILES string of the molecule is CC(C)(c1ccccc1)c1ccc(OCc2ccc(C(=O)Nc3nn(Cc4c(F)cccc4Cl)cc3Cl)o2)cc1. The van der Waals surface area contributed by atoms with Crippen LogP contribution >= 0.6 is 23.2 Å².